The van der Waals surface area contributed by atoms with Gasteiger partial charge in [0.25, 0.3) is 27.5 Å². The smallest absolute Gasteiger partial charge is 0.280 e. The fourth-order valence-electron chi connectivity index (χ4n) is 4.09. The Kier molecular flexibility index (Phi) is 5.61. The van der Waals surface area contributed by atoms with Crippen molar-refractivity contribution in [1.82, 2.24) is 0 Å². The predicted molar refractivity (Wildman–Crippen MR) is 138 cm³/mol. The molecule has 36 heavy (non-hydrogen) atoms. The minimum atomic E-state index is -3.92. The number of carbonyl (C=O) groups excluding carboxylic acids is 2. The van der Waals surface area contributed by atoms with Crippen molar-refractivity contribution < 1.29 is 22.9 Å². The molecule has 4 aromatic rings. The first kappa shape index (κ1) is 23.6. The van der Waals surface area contributed by atoms with Crippen molar-refractivity contribution in [2.45, 2.75) is 11.8 Å². The molecule has 9 nitrogen and oxygen atoms in total. The molecular formula is C25H16BrN3O6S. The third-order valence-electron chi connectivity index (χ3n) is 5.85. The van der Waals surface area contributed by atoms with Crippen LogP contribution in [0, 0.1) is 17.0 Å². The van der Waals surface area contributed by atoms with Crippen LogP contribution in [-0.2, 0) is 10.0 Å². The molecule has 11 heteroatoms. The first-order chi connectivity index (χ1) is 17.1. The third kappa shape index (κ3) is 3.82. The maximum absolute atomic E-state index is 13.4. The zero-order valence-electron chi connectivity index (χ0n) is 18.6. The van der Waals surface area contributed by atoms with E-state index < -0.39 is 26.8 Å². The molecule has 1 aliphatic rings. The molecule has 1 heterocycles. The lowest BCUT2D eigenvalue weighted by molar-refractivity contribution is -0.385. The Morgan fingerprint density at radius 3 is 2.19 bits per heavy atom. The fraction of sp³-hybridized carbons (Fsp3) is 0.0400. The number of hydrogen-bond donors (Lipinski definition) is 1. The van der Waals surface area contributed by atoms with Gasteiger partial charge in [-0.1, -0.05) is 29.8 Å². The molecule has 0 bridgehead atoms. The van der Waals surface area contributed by atoms with E-state index in [-0.39, 0.29) is 31.9 Å². The van der Waals surface area contributed by atoms with E-state index >= 15 is 0 Å². The van der Waals surface area contributed by atoms with Gasteiger partial charge in [0.1, 0.15) is 4.47 Å². The molecule has 1 N–H and O–H groups in total. The quantitative estimate of drug-likeness (QED) is 0.195. The van der Waals surface area contributed by atoms with Crippen molar-refractivity contribution in [2.24, 2.45) is 0 Å². The van der Waals surface area contributed by atoms with Gasteiger partial charge in [-0.2, -0.15) is 0 Å². The van der Waals surface area contributed by atoms with Crippen LogP contribution in [0.2, 0.25) is 0 Å². The third-order valence-corrected chi connectivity index (χ3v) is 8.08. The molecule has 0 unspecified atom stereocenters. The van der Waals surface area contributed by atoms with Gasteiger partial charge in [-0.3, -0.25) is 24.4 Å². The zero-order chi connectivity index (χ0) is 25.8. The Hall–Kier alpha value is -4.09. The number of aryl methyl sites for hydroxylation is 1. The number of nitro groups is 1. The maximum atomic E-state index is 13.4. The van der Waals surface area contributed by atoms with Gasteiger partial charge in [0.2, 0.25) is 0 Å². The number of carbonyl (C=O) groups is 2. The maximum Gasteiger partial charge on any atom is 0.284 e. The van der Waals surface area contributed by atoms with Crippen LogP contribution in [0.3, 0.4) is 0 Å². The number of hydrogen-bond acceptors (Lipinski definition) is 6. The minimum Gasteiger partial charge on any atom is -0.280 e. The molecule has 1 aliphatic heterocycles. The van der Waals surface area contributed by atoms with Gasteiger partial charge >= 0.3 is 0 Å². The van der Waals surface area contributed by atoms with Crippen LogP contribution in [-0.4, -0.2) is 25.2 Å². The number of sulfonamides is 1. The Morgan fingerprint density at radius 1 is 0.917 bits per heavy atom. The molecule has 0 atom stereocenters. The summed E-state index contributed by atoms with van der Waals surface area (Å²) in [6.45, 7) is 1.88. The molecule has 2 amide bonds. The molecule has 0 saturated carbocycles. The lowest BCUT2D eigenvalue weighted by atomic mass is 9.93. The van der Waals surface area contributed by atoms with Crippen LogP contribution in [0.25, 0.3) is 10.8 Å². The standard InChI is InChI=1S/C25H16BrN3O6S/c1-14-5-7-15(8-6-14)27-36(34,35)17-11-9-16(10-12-17)28-24(30)19-4-2-3-18-22(19)20(25(28)31)13-21(23(18)26)29(32)33/h2-13,27H,1H3. The van der Waals surface area contributed by atoms with Crippen LogP contribution in [0.5, 0.6) is 0 Å². The Labute approximate surface area is 213 Å². The first-order valence-electron chi connectivity index (χ1n) is 10.6. The van der Waals surface area contributed by atoms with Crippen molar-refractivity contribution in [3.05, 3.63) is 104 Å². The van der Waals surface area contributed by atoms with Crippen LogP contribution in [0.15, 0.2) is 82.2 Å². The Balaban J connectivity index is 1.54. The van der Waals surface area contributed by atoms with Gasteiger partial charge in [-0.25, -0.2) is 13.3 Å². The van der Waals surface area contributed by atoms with Gasteiger partial charge in [0.05, 0.1) is 21.1 Å². The molecule has 0 spiro atoms. The highest BCUT2D eigenvalue weighted by Crippen LogP contribution is 2.41. The Morgan fingerprint density at radius 2 is 1.56 bits per heavy atom. The summed E-state index contributed by atoms with van der Waals surface area (Å²) in [7, 11) is -3.92. The largest absolute Gasteiger partial charge is 0.284 e. The van der Waals surface area contributed by atoms with Crippen LogP contribution in [0.1, 0.15) is 26.3 Å². The van der Waals surface area contributed by atoms with Crippen molar-refractivity contribution in [3.63, 3.8) is 0 Å². The zero-order valence-corrected chi connectivity index (χ0v) is 21.0. The van der Waals surface area contributed by atoms with Gasteiger partial charge in [0, 0.05) is 28.1 Å². The number of nitro benzene ring substituents is 1. The topological polar surface area (TPSA) is 127 Å². The van der Waals surface area contributed by atoms with Crippen molar-refractivity contribution in [1.29, 1.82) is 0 Å². The van der Waals surface area contributed by atoms with E-state index in [0.29, 0.717) is 16.5 Å². The van der Waals surface area contributed by atoms with Crippen LogP contribution in [0.4, 0.5) is 17.1 Å². The first-order valence-corrected chi connectivity index (χ1v) is 12.8. The number of benzene rings is 4. The van der Waals surface area contributed by atoms with E-state index in [2.05, 4.69) is 20.7 Å². The summed E-state index contributed by atoms with van der Waals surface area (Å²) in [6, 6.07) is 17.9. The average molecular weight is 566 g/mol. The Bertz CT molecular complexity index is 1700. The minimum absolute atomic E-state index is 0.00726. The van der Waals surface area contributed by atoms with Crippen molar-refractivity contribution >= 4 is 65.6 Å². The van der Waals surface area contributed by atoms with Crippen LogP contribution < -0.4 is 9.62 Å². The second-order valence-electron chi connectivity index (χ2n) is 8.15. The fourth-order valence-corrected chi connectivity index (χ4v) is 5.74. The predicted octanol–water partition coefficient (Wildman–Crippen LogP) is 5.42. The molecule has 5 rings (SSSR count). The van der Waals surface area contributed by atoms with E-state index in [1.54, 1.807) is 36.4 Å². The van der Waals surface area contributed by atoms with E-state index in [1.807, 2.05) is 6.92 Å². The second kappa shape index (κ2) is 8.54. The van der Waals surface area contributed by atoms with Crippen LogP contribution >= 0.6 is 15.9 Å². The highest BCUT2D eigenvalue weighted by molar-refractivity contribution is 9.10. The summed E-state index contributed by atoms with van der Waals surface area (Å²) in [5.41, 5.74) is 1.41. The van der Waals surface area contributed by atoms with Gasteiger partial charge in [-0.15, -0.1) is 0 Å². The lowest BCUT2D eigenvalue weighted by Crippen LogP contribution is -2.40. The second-order valence-corrected chi connectivity index (χ2v) is 10.6. The number of anilines is 2. The number of nitrogens with zero attached hydrogens (tertiary/aromatic N) is 2. The molecule has 0 saturated heterocycles. The molecule has 4 aromatic carbocycles. The van der Waals surface area contributed by atoms with E-state index in [9.17, 15) is 28.1 Å². The van der Waals surface area contributed by atoms with Gasteiger partial charge < -0.3 is 0 Å². The summed E-state index contributed by atoms with van der Waals surface area (Å²) in [5, 5.41) is 12.3. The monoisotopic (exact) mass is 565 g/mol. The number of halogens is 1. The number of amides is 2. The molecular weight excluding hydrogens is 550 g/mol. The summed E-state index contributed by atoms with van der Waals surface area (Å²) < 4.78 is 28.3. The number of imide groups is 1. The van der Waals surface area contributed by atoms with E-state index in [1.165, 1.54) is 30.3 Å². The normalized spacial score (nSPS) is 13.2. The SMILES string of the molecule is Cc1ccc(NS(=O)(=O)c2ccc(N3C(=O)c4cccc5c(Br)c([N+](=O)[O-])cc(c45)C3=O)cc2)cc1. The summed E-state index contributed by atoms with van der Waals surface area (Å²) in [5.74, 6) is -1.36. The summed E-state index contributed by atoms with van der Waals surface area (Å²) in [4.78, 5) is 38.5. The molecule has 0 radical (unpaired) electrons. The van der Waals surface area contributed by atoms with Crippen molar-refractivity contribution in [3.8, 4) is 0 Å². The van der Waals surface area contributed by atoms with E-state index in [4.69, 9.17) is 0 Å². The summed E-state index contributed by atoms with van der Waals surface area (Å²) in [6.07, 6.45) is 0. The molecule has 180 valence electrons. The van der Waals surface area contributed by atoms with Gasteiger partial charge in [-0.05, 0) is 65.3 Å². The highest BCUT2D eigenvalue weighted by atomic mass is 79.9. The van der Waals surface area contributed by atoms with Gasteiger partial charge in [0.15, 0.2) is 0 Å². The highest BCUT2D eigenvalue weighted by Gasteiger charge is 2.36. The summed E-state index contributed by atoms with van der Waals surface area (Å²) >= 11 is 3.22. The number of rotatable bonds is 5. The van der Waals surface area contributed by atoms with E-state index in [0.717, 1.165) is 16.5 Å². The molecule has 0 aliphatic carbocycles. The molecule has 0 aromatic heterocycles. The van der Waals surface area contributed by atoms with Crippen molar-refractivity contribution in [2.75, 3.05) is 9.62 Å². The average Bonchev–Trinajstić information content (AvgIpc) is 2.85. The molecule has 0 fully saturated rings. The number of nitrogens with one attached hydrogen (secondary N) is 1. The lowest BCUT2D eigenvalue weighted by Gasteiger charge is -2.27.